The Kier molecular flexibility index (Phi) is 2.13. The van der Waals surface area contributed by atoms with E-state index in [1.54, 1.807) is 0 Å². The molecule has 1 rings (SSSR count). The summed E-state index contributed by atoms with van der Waals surface area (Å²) in [6.07, 6.45) is 2.09. The van der Waals surface area contributed by atoms with Gasteiger partial charge in [0.05, 0.1) is 0 Å². The van der Waals surface area contributed by atoms with Gasteiger partial charge < -0.3 is 0 Å². The van der Waals surface area contributed by atoms with Crippen molar-refractivity contribution in [2.45, 2.75) is 21.7 Å². The molecule has 0 radical (unpaired) electrons. The third-order valence-electron chi connectivity index (χ3n) is 1.64. The third-order valence-corrected chi connectivity index (χ3v) is 7.07. The summed E-state index contributed by atoms with van der Waals surface area (Å²) in [6.45, 7) is 2.14. The summed E-state index contributed by atoms with van der Waals surface area (Å²) < 4.78 is 1.52. The summed E-state index contributed by atoms with van der Waals surface area (Å²) >= 11 is -1.75. The molecule has 56 valence electrons. The van der Waals surface area contributed by atoms with E-state index >= 15 is 0 Å². The monoisotopic (exact) mass is 245 g/mol. The van der Waals surface area contributed by atoms with E-state index in [1.165, 1.54) is 9.27 Å². The summed E-state index contributed by atoms with van der Waals surface area (Å²) in [7, 11) is 0. The Hall–Kier alpha value is 0.0787. The minimum atomic E-state index is -1.75. The van der Waals surface area contributed by atoms with E-state index in [9.17, 15) is 0 Å². The van der Waals surface area contributed by atoms with Crippen LogP contribution in [-0.2, 0) is 0 Å². The molecule has 0 aliphatic carbocycles. The summed E-state index contributed by atoms with van der Waals surface area (Å²) in [5.41, 5.74) is 1.36. The number of hydrogen-bond donors (Lipinski definition) is 1. The third kappa shape index (κ3) is 1.78. The molecule has 0 fully saturated rings. The van der Waals surface area contributed by atoms with Crippen LogP contribution in [0.2, 0.25) is 14.8 Å². The molecule has 2 heteroatoms. The molecule has 1 aromatic heterocycles. The molecule has 0 saturated heterocycles. The van der Waals surface area contributed by atoms with Gasteiger partial charge in [0.2, 0.25) is 0 Å². The van der Waals surface area contributed by atoms with Crippen molar-refractivity contribution in [2.75, 3.05) is 0 Å². The molecule has 1 heterocycles. The van der Waals surface area contributed by atoms with Crippen LogP contribution in [0.1, 0.15) is 5.56 Å². The minimum absolute atomic E-state index is 1.36. The van der Waals surface area contributed by atoms with Crippen molar-refractivity contribution in [3.63, 3.8) is 0 Å². The van der Waals surface area contributed by atoms with Crippen LogP contribution >= 0.6 is 0 Å². The van der Waals surface area contributed by atoms with Crippen LogP contribution in [0.3, 0.4) is 0 Å². The average Bonchev–Trinajstić information content (AvgIpc) is 2.11. The van der Waals surface area contributed by atoms with E-state index in [0.29, 0.717) is 0 Å². The maximum absolute atomic E-state index is 3.34. The van der Waals surface area contributed by atoms with Gasteiger partial charge in [0.1, 0.15) is 0 Å². The van der Waals surface area contributed by atoms with E-state index in [0.717, 1.165) is 0 Å². The molecule has 0 spiro atoms. The summed E-state index contributed by atoms with van der Waals surface area (Å²) in [5.74, 6) is 0. The van der Waals surface area contributed by atoms with Gasteiger partial charge in [-0.1, -0.05) is 0 Å². The molecular weight excluding hydrogens is 229 g/mol. The van der Waals surface area contributed by atoms with Crippen LogP contribution in [0.25, 0.3) is 0 Å². The van der Waals surface area contributed by atoms with Gasteiger partial charge in [-0.3, -0.25) is 0 Å². The quantitative estimate of drug-likeness (QED) is 0.725. The average molecular weight is 244 g/mol. The number of nitrogens with one attached hydrogen (secondary N) is 1. The molecule has 0 aromatic carbocycles. The number of rotatable bonds is 1. The first-order valence-electron chi connectivity index (χ1n) is 3.65. The van der Waals surface area contributed by atoms with Gasteiger partial charge in [0.25, 0.3) is 0 Å². The summed E-state index contributed by atoms with van der Waals surface area (Å²) in [4.78, 5) is 10.6. The van der Waals surface area contributed by atoms with E-state index < -0.39 is 18.4 Å². The Morgan fingerprint density at radius 3 is 2.10 bits per heavy atom. The zero-order valence-corrected chi connectivity index (χ0v) is 10.0. The van der Waals surface area contributed by atoms with Gasteiger partial charge in [-0.25, -0.2) is 0 Å². The predicted octanol–water partition coefficient (Wildman–Crippen LogP) is 1.87. The van der Waals surface area contributed by atoms with Crippen LogP contribution in [0.4, 0.5) is 0 Å². The van der Waals surface area contributed by atoms with Gasteiger partial charge >= 0.3 is 66.6 Å². The number of aryl methyl sites for hydroxylation is 1. The zero-order chi connectivity index (χ0) is 7.78. The van der Waals surface area contributed by atoms with Crippen molar-refractivity contribution in [3.05, 3.63) is 17.8 Å². The molecule has 0 unspecified atom stereocenters. The van der Waals surface area contributed by atoms with E-state index in [2.05, 4.69) is 39.0 Å². The van der Waals surface area contributed by atoms with Crippen LogP contribution < -0.4 is 3.71 Å². The van der Waals surface area contributed by atoms with Gasteiger partial charge in [0.15, 0.2) is 0 Å². The number of aromatic nitrogens is 1. The molecule has 1 aromatic rings. The number of hydrogen-bond acceptors (Lipinski definition) is 0. The predicted molar refractivity (Wildman–Crippen MR) is 48.5 cm³/mol. The van der Waals surface area contributed by atoms with Gasteiger partial charge in [0, 0.05) is 0 Å². The Labute approximate surface area is 66.7 Å². The standard InChI is InChI=1S/C5H6N.3CH3.Sn/c1-5-2-3-6-4-5;;;;/h2,4,6H,1H3;3*1H3;. The fourth-order valence-corrected chi connectivity index (χ4v) is 4.26. The second-order valence-electron chi connectivity index (χ2n) is 3.84. The van der Waals surface area contributed by atoms with Crippen molar-refractivity contribution in [2.24, 2.45) is 0 Å². The Bertz CT molecular complexity index is 219. The molecule has 0 bridgehead atoms. The van der Waals surface area contributed by atoms with E-state index in [4.69, 9.17) is 0 Å². The Balaban J connectivity index is 2.96. The van der Waals surface area contributed by atoms with Crippen molar-refractivity contribution in [3.8, 4) is 0 Å². The van der Waals surface area contributed by atoms with Crippen molar-refractivity contribution >= 4 is 22.1 Å². The van der Waals surface area contributed by atoms with Crippen molar-refractivity contribution in [1.82, 2.24) is 4.98 Å². The van der Waals surface area contributed by atoms with Gasteiger partial charge in [-0.05, 0) is 0 Å². The molecule has 1 nitrogen and oxygen atoms in total. The fourth-order valence-electron chi connectivity index (χ4n) is 0.936. The SMILES string of the molecule is Cc1c[nH][c]([Sn]([CH3])([CH3])[CH3])c1. The molecule has 1 N–H and O–H groups in total. The molecule has 0 saturated carbocycles. The fraction of sp³-hybridized carbons (Fsp3) is 0.500. The molecule has 0 aliphatic rings. The van der Waals surface area contributed by atoms with Crippen LogP contribution in [0, 0.1) is 6.92 Å². The number of aromatic amines is 1. The first-order chi connectivity index (χ1) is 4.50. The van der Waals surface area contributed by atoms with Crippen molar-refractivity contribution < 1.29 is 0 Å². The topological polar surface area (TPSA) is 15.8 Å². The van der Waals surface area contributed by atoms with Crippen LogP contribution in [0.15, 0.2) is 12.3 Å². The Morgan fingerprint density at radius 2 is 1.90 bits per heavy atom. The zero-order valence-electron chi connectivity index (χ0n) is 7.15. The van der Waals surface area contributed by atoms with Crippen molar-refractivity contribution in [1.29, 1.82) is 0 Å². The summed E-state index contributed by atoms with van der Waals surface area (Å²) in [6, 6.07) is 2.29. The van der Waals surface area contributed by atoms with E-state index in [1.807, 2.05) is 0 Å². The van der Waals surface area contributed by atoms with Gasteiger partial charge in [-0.15, -0.1) is 0 Å². The Morgan fingerprint density at radius 1 is 1.30 bits per heavy atom. The number of H-pyrrole nitrogens is 1. The molecule has 0 amide bonds. The summed E-state index contributed by atoms with van der Waals surface area (Å²) in [5, 5.41) is 0. The normalized spacial score (nSPS) is 12.0. The van der Waals surface area contributed by atoms with Gasteiger partial charge in [-0.2, -0.15) is 0 Å². The second kappa shape index (κ2) is 2.61. The van der Waals surface area contributed by atoms with E-state index in [-0.39, 0.29) is 0 Å². The molecule has 0 aliphatic heterocycles. The maximum atomic E-state index is 3.34. The first kappa shape index (κ1) is 8.18. The first-order valence-corrected chi connectivity index (χ1v) is 13.6. The van der Waals surface area contributed by atoms with Crippen LogP contribution in [0.5, 0.6) is 0 Å². The molecular formula is C8H15NSn. The molecule has 10 heavy (non-hydrogen) atoms. The molecule has 0 atom stereocenters. The second-order valence-corrected chi connectivity index (χ2v) is 18.2. The van der Waals surface area contributed by atoms with Crippen LogP contribution in [-0.4, -0.2) is 23.4 Å².